The number of benzene rings is 2. The summed E-state index contributed by atoms with van der Waals surface area (Å²) in [6, 6.07) is 17.3. The van der Waals surface area contributed by atoms with Crippen molar-refractivity contribution >= 4 is 23.2 Å². The minimum absolute atomic E-state index is 0.0885. The summed E-state index contributed by atoms with van der Waals surface area (Å²) in [6.07, 6.45) is 1.72. The van der Waals surface area contributed by atoms with E-state index in [1.807, 2.05) is 54.9 Å². The topological polar surface area (TPSA) is 74.0 Å². The van der Waals surface area contributed by atoms with E-state index in [4.69, 9.17) is 16.3 Å². The van der Waals surface area contributed by atoms with Crippen molar-refractivity contribution in [2.45, 2.75) is 53.3 Å². The molecule has 0 bridgehead atoms. The molecule has 0 unspecified atom stereocenters. The van der Waals surface area contributed by atoms with Gasteiger partial charge < -0.3 is 10.1 Å². The number of carbonyl (C=O) groups excluding carboxylic acids is 1. The van der Waals surface area contributed by atoms with Crippen molar-refractivity contribution in [1.82, 2.24) is 19.6 Å². The molecule has 0 saturated carbocycles. The Morgan fingerprint density at radius 2 is 1.80 bits per heavy atom. The van der Waals surface area contributed by atoms with Gasteiger partial charge in [0, 0.05) is 11.2 Å². The summed E-state index contributed by atoms with van der Waals surface area (Å²) in [7, 11) is 0. The average Bonchev–Trinajstić information content (AvgIpc) is 3.38. The highest BCUT2D eigenvalue weighted by Gasteiger charge is 2.17. The number of aryl methyl sites for hydroxylation is 1. The van der Waals surface area contributed by atoms with Crippen molar-refractivity contribution in [3.8, 4) is 5.75 Å². The van der Waals surface area contributed by atoms with E-state index in [1.165, 1.54) is 5.56 Å². The molecule has 1 amide bonds. The van der Waals surface area contributed by atoms with Crippen molar-refractivity contribution in [2.24, 2.45) is 0 Å². The van der Waals surface area contributed by atoms with Gasteiger partial charge in [0.1, 0.15) is 5.75 Å². The van der Waals surface area contributed by atoms with E-state index in [-0.39, 0.29) is 18.1 Å². The van der Waals surface area contributed by atoms with Crippen molar-refractivity contribution in [3.63, 3.8) is 0 Å². The summed E-state index contributed by atoms with van der Waals surface area (Å²) < 4.78 is 9.27. The predicted octanol–water partition coefficient (Wildman–Crippen LogP) is 5.98. The summed E-state index contributed by atoms with van der Waals surface area (Å²) in [5.74, 6) is 0.449. The Bertz CT molecular complexity index is 1330. The van der Waals surface area contributed by atoms with Gasteiger partial charge in [-0.3, -0.25) is 9.48 Å². The summed E-state index contributed by atoms with van der Waals surface area (Å²) in [5.41, 5.74) is 4.94. The molecule has 1 N–H and O–H groups in total. The minimum Gasteiger partial charge on any atom is -0.471 e. The van der Waals surface area contributed by atoms with Crippen LogP contribution in [-0.2, 0) is 18.7 Å². The van der Waals surface area contributed by atoms with Crippen molar-refractivity contribution < 1.29 is 9.53 Å². The first kappa shape index (κ1) is 24.5. The molecule has 2 aromatic carbocycles. The summed E-state index contributed by atoms with van der Waals surface area (Å²) in [4.78, 5) is 12.9. The fourth-order valence-electron chi connectivity index (χ4n) is 3.76. The number of nitrogens with one attached hydrogen (secondary N) is 1. The molecule has 0 fully saturated rings. The number of anilines is 1. The molecule has 0 aliphatic rings. The van der Waals surface area contributed by atoms with E-state index in [0.29, 0.717) is 22.9 Å². The van der Waals surface area contributed by atoms with Gasteiger partial charge in [0.25, 0.3) is 5.91 Å². The standard InChI is InChI=1S/C27H30ClN5O2/c1-18-25(19(2)33(30-18)16-20-7-6-8-22(28)15-20)29-26(34)24-13-14-32(31-24)17-35-23-11-9-21(10-12-23)27(3,4)5/h6-15H,16-17H2,1-5H3,(H,29,34). The predicted molar refractivity (Wildman–Crippen MR) is 138 cm³/mol. The SMILES string of the molecule is Cc1nn(Cc2cccc(Cl)c2)c(C)c1NC(=O)c1ccn(COc2ccc(C(C)(C)C)cc2)n1. The first-order chi connectivity index (χ1) is 16.6. The van der Waals surface area contributed by atoms with Gasteiger partial charge in [0.15, 0.2) is 12.4 Å². The van der Waals surface area contributed by atoms with E-state index < -0.39 is 0 Å². The normalized spacial score (nSPS) is 11.5. The number of aromatic nitrogens is 4. The van der Waals surface area contributed by atoms with Gasteiger partial charge in [-0.15, -0.1) is 0 Å². The van der Waals surface area contributed by atoms with Crippen LogP contribution >= 0.6 is 11.6 Å². The number of hydrogen-bond acceptors (Lipinski definition) is 4. The van der Waals surface area contributed by atoms with Crippen LogP contribution in [0.5, 0.6) is 5.75 Å². The number of nitrogens with zero attached hydrogens (tertiary/aromatic N) is 4. The molecule has 2 heterocycles. The molecule has 2 aromatic heterocycles. The van der Waals surface area contributed by atoms with Gasteiger partial charge in [0.05, 0.1) is 23.6 Å². The zero-order valence-corrected chi connectivity index (χ0v) is 21.4. The molecule has 7 nitrogen and oxygen atoms in total. The van der Waals surface area contributed by atoms with Gasteiger partial charge >= 0.3 is 0 Å². The number of rotatable bonds is 7. The van der Waals surface area contributed by atoms with Crippen LogP contribution in [0.1, 0.15) is 53.8 Å². The lowest BCUT2D eigenvalue weighted by Crippen LogP contribution is -2.15. The molecule has 182 valence electrons. The second kappa shape index (κ2) is 9.96. The van der Waals surface area contributed by atoms with Crippen LogP contribution in [0.2, 0.25) is 5.02 Å². The van der Waals surface area contributed by atoms with Crippen LogP contribution in [0.4, 0.5) is 5.69 Å². The molecule has 0 atom stereocenters. The number of ether oxygens (including phenoxy) is 1. The van der Waals surface area contributed by atoms with Crippen LogP contribution in [0, 0.1) is 13.8 Å². The molecule has 0 saturated heterocycles. The van der Waals surface area contributed by atoms with Gasteiger partial charge in [-0.2, -0.15) is 10.2 Å². The molecular formula is C27H30ClN5O2. The Morgan fingerprint density at radius 3 is 2.49 bits per heavy atom. The van der Waals surface area contributed by atoms with Crippen LogP contribution in [0.25, 0.3) is 0 Å². The number of halogens is 1. The Morgan fingerprint density at radius 1 is 1.06 bits per heavy atom. The van der Waals surface area contributed by atoms with E-state index >= 15 is 0 Å². The van der Waals surface area contributed by atoms with Crippen LogP contribution in [-0.4, -0.2) is 25.5 Å². The molecule has 4 rings (SSSR count). The van der Waals surface area contributed by atoms with Crippen molar-refractivity contribution in [2.75, 3.05) is 5.32 Å². The highest BCUT2D eigenvalue weighted by Crippen LogP contribution is 2.25. The van der Waals surface area contributed by atoms with Crippen LogP contribution in [0.3, 0.4) is 0 Å². The quantitative estimate of drug-likeness (QED) is 0.345. The molecule has 0 aliphatic heterocycles. The number of hydrogen-bond donors (Lipinski definition) is 1. The maximum absolute atomic E-state index is 12.9. The lowest BCUT2D eigenvalue weighted by atomic mass is 9.87. The number of carbonyl (C=O) groups is 1. The van der Waals surface area contributed by atoms with E-state index in [1.54, 1.807) is 16.9 Å². The first-order valence-electron chi connectivity index (χ1n) is 11.5. The third kappa shape index (κ3) is 5.92. The zero-order chi connectivity index (χ0) is 25.2. The summed E-state index contributed by atoms with van der Waals surface area (Å²) >= 11 is 6.10. The third-order valence-electron chi connectivity index (χ3n) is 5.80. The van der Waals surface area contributed by atoms with Crippen molar-refractivity contribution in [3.05, 3.63) is 94.0 Å². The molecular weight excluding hydrogens is 462 g/mol. The van der Waals surface area contributed by atoms with E-state index in [9.17, 15) is 4.79 Å². The van der Waals surface area contributed by atoms with E-state index in [2.05, 4.69) is 48.4 Å². The van der Waals surface area contributed by atoms with Crippen LogP contribution < -0.4 is 10.1 Å². The van der Waals surface area contributed by atoms with E-state index in [0.717, 1.165) is 22.7 Å². The van der Waals surface area contributed by atoms with Gasteiger partial charge in [-0.1, -0.05) is 56.6 Å². The lowest BCUT2D eigenvalue weighted by Gasteiger charge is -2.19. The molecule has 4 aromatic rings. The fourth-order valence-corrected chi connectivity index (χ4v) is 3.98. The minimum atomic E-state index is -0.299. The highest BCUT2D eigenvalue weighted by molar-refractivity contribution is 6.30. The van der Waals surface area contributed by atoms with Gasteiger partial charge in [-0.25, -0.2) is 4.68 Å². The highest BCUT2D eigenvalue weighted by atomic mass is 35.5. The largest absolute Gasteiger partial charge is 0.471 e. The number of amides is 1. The first-order valence-corrected chi connectivity index (χ1v) is 11.8. The summed E-state index contributed by atoms with van der Waals surface area (Å²) in [6.45, 7) is 11.1. The third-order valence-corrected chi connectivity index (χ3v) is 6.03. The van der Waals surface area contributed by atoms with Crippen molar-refractivity contribution in [1.29, 1.82) is 0 Å². The zero-order valence-electron chi connectivity index (χ0n) is 20.7. The molecule has 8 heteroatoms. The maximum atomic E-state index is 12.9. The summed E-state index contributed by atoms with van der Waals surface area (Å²) in [5, 5.41) is 12.6. The molecule has 35 heavy (non-hydrogen) atoms. The Balaban J connectivity index is 1.39. The maximum Gasteiger partial charge on any atom is 0.276 e. The Kier molecular flexibility index (Phi) is 6.98. The second-order valence-electron chi connectivity index (χ2n) is 9.58. The second-order valence-corrected chi connectivity index (χ2v) is 10.0. The monoisotopic (exact) mass is 491 g/mol. The fraction of sp³-hybridized carbons (Fsp3) is 0.296. The Hall–Kier alpha value is -3.58. The Labute approximate surface area is 210 Å². The molecule has 0 aliphatic carbocycles. The smallest absolute Gasteiger partial charge is 0.276 e. The van der Waals surface area contributed by atoms with Gasteiger partial charge in [0.2, 0.25) is 0 Å². The molecule has 0 spiro atoms. The average molecular weight is 492 g/mol. The lowest BCUT2D eigenvalue weighted by molar-refractivity contribution is 0.102. The van der Waals surface area contributed by atoms with Crippen LogP contribution in [0.15, 0.2) is 60.8 Å². The molecule has 0 radical (unpaired) electrons. The van der Waals surface area contributed by atoms with Gasteiger partial charge in [-0.05, 0) is 60.7 Å².